The first kappa shape index (κ1) is 18.0. The summed E-state index contributed by atoms with van der Waals surface area (Å²) in [5, 5.41) is 0. The van der Waals surface area contributed by atoms with Crippen LogP contribution in [-0.2, 0) is 4.79 Å². The zero-order chi connectivity index (χ0) is 19.1. The first-order valence-electron chi connectivity index (χ1n) is 11.0. The fourth-order valence-electron chi connectivity index (χ4n) is 5.20. The van der Waals surface area contributed by atoms with Gasteiger partial charge in [0.1, 0.15) is 11.9 Å². The van der Waals surface area contributed by atoms with E-state index in [1.807, 2.05) is 29.2 Å². The predicted octanol–water partition coefficient (Wildman–Crippen LogP) is 3.48. The van der Waals surface area contributed by atoms with E-state index < -0.39 is 0 Å². The Balaban J connectivity index is 1.15. The number of nitrogens with zero attached hydrogens (tertiary/aromatic N) is 2. The van der Waals surface area contributed by atoms with Crippen LogP contribution in [-0.4, -0.2) is 53.4 Å². The molecular formula is C23H30N2O3. The standard InChI is InChI=1S/C23H30N2O3/c26-22(17-4-5-17)24-12-10-21(11-13-24)28-20-8-6-18(7-9-20)23(27)25-15-16-2-1-3-19(25)14-16/h6-9,16-17,19,21H,1-5,10-15H2/t16-,19+/m0/s1. The second-order valence-corrected chi connectivity index (χ2v) is 9.09. The van der Waals surface area contributed by atoms with Gasteiger partial charge in [0.15, 0.2) is 0 Å². The number of carbonyl (C=O) groups is 2. The number of benzene rings is 1. The Kier molecular flexibility index (Phi) is 4.77. The van der Waals surface area contributed by atoms with Gasteiger partial charge in [-0.2, -0.15) is 0 Å². The summed E-state index contributed by atoms with van der Waals surface area (Å²) in [6, 6.07) is 8.12. The zero-order valence-electron chi connectivity index (χ0n) is 16.5. The van der Waals surface area contributed by atoms with Gasteiger partial charge in [0, 0.05) is 50.0 Å². The summed E-state index contributed by atoms with van der Waals surface area (Å²) in [4.78, 5) is 29.2. The van der Waals surface area contributed by atoms with Crippen LogP contribution in [0.15, 0.2) is 24.3 Å². The Labute approximate surface area is 167 Å². The molecule has 2 aliphatic heterocycles. The molecule has 150 valence electrons. The molecule has 2 saturated heterocycles. The van der Waals surface area contributed by atoms with Gasteiger partial charge < -0.3 is 14.5 Å². The van der Waals surface area contributed by atoms with E-state index in [9.17, 15) is 9.59 Å². The van der Waals surface area contributed by atoms with Crippen molar-refractivity contribution in [3.63, 3.8) is 0 Å². The van der Waals surface area contributed by atoms with Gasteiger partial charge in [-0.1, -0.05) is 6.42 Å². The van der Waals surface area contributed by atoms with Gasteiger partial charge in [0.2, 0.25) is 5.91 Å². The van der Waals surface area contributed by atoms with E-state index in [0.29, 0.717) is 23.8 Å². The first-order valence-corrected chi connectivity index (χ1v) is 11.0. The number of hydrogen-bond donors (Lipinski definition) is 0. The fraction of sp³-hybridized carbons (Fsp3) is 0.652. The van der Waals surface area contributed by atoms with Crippen molar-refractivity contribution >= 4 is 11.8 Å². The van der Waals surface area contributed by atoms with Gasteiger partial charge in [-0.3, -0.25) is 9.59 Å². The summed E-state index contributed by atoms with van der Waals surface area (Å²) in [5.74, 6) is 2.35. The lowest BCUT2D eigenvalue weighted by Crippen LogP contribution is -2.42. The molecule has 2 amide bonds. The normalized spacial score (nSPS) is 27.7. The average Bonchev–Trinajstić information content (AvgIpc) is 3.54. The summed E-state index contributed by atoms with van der Waals surface area (Å²) in [6.45, 7) is 2.53. The third-order valence-corrected chi connectivity index (χ3v) is 7.00. The Hall–Kier alpha value is -2.04. The van der Waals surface area contributed by atoms with Gasteiger partial charge in [0.25, 0.3) is 5.91 Å². The van der Waals surface area contributed by atoms with Crippen LogP contribution < -0.4 is 4.74 Å². The number of hydrogen-bond acceptors (Lipinski definition) is 3. The van der Waals surface area contributed by atoms with Crippen molar-refractivity contribution in [3.8, 4) is 5.75 Å². The van der Waals surface area contributed by atoms with E-state index in [4.69, 9.17) is 4.74 Å². The minimum absolute atomic E-state index is 0.155. The number of fused-ring (bicyclic) bond motifs is 2. The van der Waals surface area contributed by atoms with Crippen molar-refractivity contribution in [1.29, 1.82) is 0 Å². The molecule has 5 heteroatoms. The van der Waals surface area contributed by atoms with Crippen molar-refractivity contribution in [3.05, 3.63) is 29.8 Å². The molecule has 28 heavy (non-hydrogen) atoms. The Morgan fingerprint density at radius 1 is 0.929 bits per heavy atom. The maximum absolute atomic E-state index is 12.9. The summed E-state index contributed by atoms with van der Waals surface area (Å²) in [6.07, 6.45) is 8.95. The Bertz CT molecular complexity index is 735. The molecule has 0 aromatic heterocycles. The number of carbonyl (C=O) groups excluding carboxylic acids is 2. The second-order valence-electron chi connectivity index (χ2n) is 9.09. The van der Waals surface area contributed by atoms with Gasteiger partial charge in [0.05, 0.1) is 0 Å². The van der Waals surface area contributed by atoms with Crippen LogP contribution in [0.4, 0.5) is 0 Å². The third kappa shape index (κ3) is 3.63. The first-order chi connectivity index (χ1) is 13.7. The van der Waals surface area contributed by atoms with Gasteiger partial charge >= 0.3 is 0 Å². The maximum Gasteiger partial charge on any atom is 0.254 e. The lowest BCUT2D eigenvalue weighted by atomic mass is 9.90. The van der Waals surface area contributed by atoms with Crippen LogP contribution >= 0.6 is 0 Å². The molecule has 1 aromatic rings. The van der Waals surface area contributed by atoms with Gasteiger partial charge in [-0.15, -0.1) is 0 Å². The Morgan fingerprint density at radius 2 is 1.68 bits per heavy atom. The lowest BCUT2D eigenvalue weighted by molar-refractivity contribution is -0.134. The monoisotopic (exact) mass is 382 g/mol. The molecule has 0 radical (unpaired) electrons. The molecule has 2 heterocycles. The highest BCUT2D eigenvalue weighted by atomic mass is 16.5. The smallest absolute Gasteiger partial charge is 0.254 e. The van der Waals surface area contributed by atoms with Crippen molar-refractivity contribution in [2.75, 3.05) is 19.6 Å². The quantitative estimate of drug-likeness (QED) is 0.801. The fourth-order valence-corrected chi connectivity index (χ4v) is 5.20. The number of piperidine rings is 1. The Morgan fingerprint density at radius 3 is 2.36 bits per heavy atom. The summed E-state index contributed by atoms with van der Waals surface area (Å²) < 4.78 is 6.13. The minimum atomic E-state index is 0.155. The minimum Gasteiger partial charge on any atom is -0.490 e. The topological polar surface area (TPSA) is 49.9 Å². The van der Waals surface area contributed by atoms with Crippen LogP contribution in [0.3, 0.4) is 0 Å². The van der Waals surface area contributed by atoms with E-state index >= 15 is 0 Å². The summed E-state index contributed by atoms with van der Waals surface area (Å²) >= 11 is 0. The second kappa shape index (κ2) is 7.41. The van der Waals surface area contributed by atoms with Crippen molar-refractivity contribution in [2.45, 2.75) is 63.5 Å². The molecule has 5 nitrogen and oxygen atoms in total. The van der Waals surface area contributed by atoms with Crippen LogP contribution in [0, 0.1) is 11.8 Å². The number of amides is 2. The molecule has 4 aliphatic rings. The SMILES string of the molecule is O=C(C1CC1)N1CCC(Oc2ccc(C(=O)N3C[C@H]4CCC[C@@H]3C4)cc2)CC1. The lowest BCUT2D eigenvalue weighted by Gasteiger charge is -2.32. The maximum atomic E-state index is 12.9. The molecule has 2 bridgehead atoms. The van der Waals surface area contributed by atoms with Crippen LogP contribution in [0.25, 0.3) is 0 Å². The van der Waals surface area contributed by atoms with E-state index in [0.717, 1.165) is 63.1 Å². The molecule has 0 N–H and O–H groups in total. The van der Waals surface area contributed by atoms with Crippen molar-refractivity contribution in [1.82, 2.24) is 9.80 Å². The van der Waals surface area contributed by atoms with Crippen LogP contribution in [0.5, 0.6) is 5.75 Å². The molecule has 1 aromatic carbocycles. The third-order valence-electron chi connectivity index (χ3n) is 7.00. The van der Waals surface area contributed by atoms with Crippen LogP contribution in [0.2, 0.25) is 0 Å². The molecule has 2 aliphatic carbocycles. The van der Waals surface area contributed by atoms with E-state index in [1.54, 1.807) is 0 Å². The summed E-state index contributed by atoms with van der Waals surface area (Å²) in [7, 11) is 0. The van der Waals surface area contributed by atoms with E-state index in [-0.39, 0.29) is 12.0 Å². The molecular weight excluding hydrogens is 352 g/mol. The zero-order valence-corrected chi connectivity index (χ0v) is 16.5. The molecule has 0 spiro atoms. The predicted molar refractivity (Wildman–Crippen MR) is 106 cm³/mol. The van der Waals surface area contributed by atoms with Crippen LogP contribution in [0.1, 0.15) is 61.7 Å². The molecule has 2 saturated carbocycles. The summed E-state index contributed by atoms with van der Waals surface area (Å²) in [5.41, 5.74) is 0.768. The largest absolute Gasteiger partial charge is 0.490 e. The van der Waals surface area contributed by atoms with E-state index in [2.05, 4.69) is 4.90 Å². The highest BCUT2D eigenvalue weighted by Gasteiger charge is 2.38. The van der Waals surface area contributed by atoms with Crippen molar-refractivity contribution in [2.24, 2.45) is 11.8 Å². The van der Waals surface area contributed by atoms with Gasteiger partial charge in [-0.25, -0.2) is 0 Å². The molecule has 0 unspecified atom stereocenters. The van der Waals surface area contributed by atoms with Gasteiger partial charge in [-0.05, 0) is 62.3 Å². The molecule has 5 rings (SSSR count). The number of likely N-dealkylation sites (tertiary alicyclic amines) is 2. The average molecular weight is 383 g/mol. The van der Waals surface area contributed by atoms with E-state index in [1.165, 1.54) is 19.3 Å². The molecule has 2 atom stereocenters. The highest BCUT2D eigenvalue weighted by Crippen LogP contribution is 2.36. The van der Waals surface area contributed by atoms with Crippen molar-refractivity contribution < 1.29 is 14.3 Å². The number of ether oxygens (including phenoxy) is 1. The number of rotatable bonds is 4. The molecule has 4 fully saturated rings. The highest BCUT2D eigenvalue weighted by molar-refractivity contribution is 5.94.